The Hall–Kier alpha value is -1.65. The number of carboxylic acid groups (broad SMARTS) is 1. The number of carboxylic acids is 1. The Balaban J connectivity index is 2.22. The maximum atomic E-state index is 10.8. The van der Waals surface area contributed by atoms with E-state index in [4.69, 9.17) is 5.11 Å². The third-order valence-electron chi connectivity index (χ3n) is 3.27. The average Bonchev–Trinajstić information content (AvgIpc) is 2.29. The van der Waals surface area contributed by atoms with Crippen LogP contribution in [-0.2, 0) is 0 Å². The van der Waals surface area contributed by atoms with E-state index in [9.17, 15) is 4.79 Å². The van der Waals surface area contributed by atoms with Crippen LogP contribution in [0.25, 0.3) is 0 Å². The fraction of sp³-hybridized carbons (Fsp3) is 0.583. The summed E-state index contributed by atoms with van der Waals surface area (Å²) in [6.07, 6.45) is 5.14. The summed E-state index contributed by atoms with van der Waals surface area (Å²) in [5.74, 6) is 0.360. The van der Waals surface area contributed by atoms with Gasteiger partial charge in [-0.25, -0.2) is 9.78 Å². The highest BCUT2D eigenvalue weighted by Gasteiger charge is 2.24. The van der Waals surface area contributed by atoms with E-state index in [1.54, 1.807) is 6.20 Å². The molecule has 2 heterocycles. The van der Waals surface area contributed by atoms with Crippen LogP contribution in [0, 0.1) is 5.92 Å². The van der Waals surface area contributed by atoms with Gasteiger partial charge in [-0.05, 0) is 25.7 Å². The van der Waals surface area contributed by atoms with Gasteiger partial charge in [-0.1, -0.05) is 6.92 Å². The van der Waals surface area contributed by atoms with Gasteiger partial charge in [0.2, 0.25) is 0 Å². The van der Waals surface area contributed by atoms with Gasteiger partial charge >= 0.3 is 5.97 Å². The van der Waals surface area contributed by atoms with Gasteiger partial charge in [0.05, 0.1) is 12.4 Å². The van der Waals surface area contributed by atoms with Gasteiger partial charge in [0.15, 0.2) is 5.69 Å². The van der Waals surface area contributed by atoms with Gasteiger partial charge in [-0.15, -0.1) is 0 Å². The van der Waals surface area contributed by atoms with E-state index in [-0.39, 0.29) is 5.69 Å². The molecular formula is C12H17N3O2. The second kappa shape index (κ2) is 4.69. The zero-order valence-electron chi connectivity index (χ0n) is 10.1. The van der Waals surface area contributed by atoms with E-state index in [1.165, 1.54) is 6.20 Å². The zero-order valence-corrected chi connectivity index (χ0v) is 10.1. The lowest BCUT2D eigenvalue weighted by atomic mass is 9.93. The van der Waals surface area contributed by atoms with Crippen molar-refractivity contribution >= 4 is 11.8 Å². The summed E-state index contributed by atoms with van der Waals surface area (Å²) in [7, 11) is 0. The number of piperidine rings is 1. The Morgan fingerprint density at radius 2 is 2.24 bits per heavy atom. The third-order valence-corrected chi connectivity index (χ3v) is 3.27. The lowest BCUT2D eigenvalue weighted by molar-refractivity contribution is 0.0690. The molecule has 2 unspecified atom stereocenters. The molecule has 17 heavy (non-hydrogen) atoms. The zero-order chi connectivity index (χ0) is 12.4. The molecule has 0 aliphatic carbocycles. The highest BCUT2D eigenvalue weighted by Crippen LogP contribution is 2.25. The van der Waals surface area contributed by atoms with Crippen molar-refractivity contribution in [2.75, 3.05) is 11.4 Å². The quantitative estimate of drug-likeness (QED) is 0.846. The molecule has 1 aromatic heterocycles. The first-order valence-electron chi connectivity index (χ1n) is 5.90. The summed E-state index contributed by atoms with van der Waals surface area (Å²) in [4.78, 5) is 21.1. The summed E-state index contributed by atoms with van der Waals surface area (Å²) in [5.41, 5.74) is 0.00771. The first kappa shape index (κ1) is 11.8. The normalized spacial score (nSPS) is 24.7. The molecule has 1 aliphatic heterocycles. The largest absolute Gasteiger partial charge is 0.476 e. The molecule has 0 saturated carbocycles. The lowest BCUT2D eigenvalue weighted by Crippen LogP contribution is -2.40. The molecule has 5 heteroatoms. The van der Waals surface area contributed by atoms with Crippen molar-refractivity contribution in [1.29, 1.82) is 0 Å². The monoisotopic (exact) mass is 235 g/mol. The van der Waals surface area contributed by atoms with Gasteiger partial charge in [0, 0.05) is 12.6 Å². The molecule has 2 atom stereocenters. The standard InChI is InChI=1S/C12H17N3O2/c1-8-3-4-15(9(2)5-8)11-7-13-6-10(14-11)12(16)17/h6-9H,3-5H2,1-2H3,(H,16,17). The number of hydrogen-bond donors (Lipinski definition) is 1. The Morgan fingerprint density at radius 1 is 1.47 bits per heavy atom. The molecule has 0 spiro atoms. The van der Waals surface area contributed by atoms with Crippen molar-refractivity contribution in [3.05, 3.63) is 18.1 Å². The predicted octanol–water partition coefficient (Wildman–Crippen LogP) is 1.80. The molecule has 0 amide bonds. The minimum Gasteiger partial charge on any atom is -0.476 e. The fourth-order valence-electron chi connectivity index (χ4n) is 2.34. The van der Waals surface area contributed by atoms with Crippen molar-refractivity contribution in [3.63, 3.8) is 0 Å². The van der Waals surface area contributed by atoms with Crippen molar-refractivity contribution < 1.29 is 9.90 Å². The van der Waals surface area contributed by atoms with Gasteiger partial charge in [-0.2, -0.15) is 0 Å². The van der Waals surface area contributed by atoms with E-state index >= 15 is 0 Å². The van der Waals surface area contributed by atoms with Crippen LogP contribution in [0.15, 0.2) is 12.4 Å². The second-order valence-electron chi connectivity index (χ2n) is 4.74. The summed E-state index contributed by atoms with van der Waals surface area (Å²) in [6.45, 7) is 5.30. The summed E-state index contributed by atoms with van der Waals surface area (Å²) in [6, 6.07) is 0.386. The molecule has 5 nitrogen and oxygen atoms in total. The van der Waals surface area contributed by atoms with Crippen LogP contribution >= 0.6 is 0 Å². The average molecular weight is 235 g/mol. The van der Waals surface area contributed by atoms with E-state index in [2.05, 4.69) is 28.7 Å². The maximum absolute atomic E-state index is 10.8. The molecule has 1 saturated heterocycles. The van der Waals surface area contributed by atoms with E-state index in [1.807, 2.05) is 0 Å². The molecule has 0 bridgehead atoms. The number of anilines is 1. The number of nitrogens with zero attached hydrogens (tertiary/aromatic N) is 3. The molecule has 1 aliphatic rings. The number of hydrogen-bond acceptors (Lipinski definition) is 4. The second-order valence-corrected chi connectivity index (χ2v) is 4.74. The van der Waals surface area contributed by atoms with Crippen LogP contribution in [0.1, 0.15) is 37.2 Å². The van der Waals surface area contributed by atoms with Gasteiger partial charge in [-0.3, -0.25) is 4.98 Å². The topological polar surface area (TPSA) is 66.3 Å². The van der Waals surface area contributed by atoms with E-state index in [0.29, 0.717) is 11.9 Å². The molecule has 1 fully saturated rings. The molecule has 92 valence electrons. The SMILES string of the molecule is CC1CCN(c2cncc(C(=O)O)n2)C(C)C1. The fourth-order valence-corrected chi connectivity index (χ4v) is 2.34. The van der Waals surface area contributed by atoms with Crippen LogP contribution in [0.4, 0.5) is 5.82 Å². The van der Waals surface area contributed by atoms with Crippen molar-refractivity contribution in [2.45, 2.75) is 32.7 Å². The number of aromatic nitrogens is 2. The molecule has 0 radical (unpaired) electrons. The van der Waals surface area contributed by atoms with Crippen molar-refractivity contribution in [2.24, 2.45) is 5.92 Å². The van der Waals surface area contributed by atoms with Crippen LogP contribution in [0.3, 0.4) is 0 Å². The highest BCUT2D eigenvalue weighted by atomic mass is 16.4. The molecule has 2 rings (SSSR count). The maximum Gasteiger partial charge on any atom is 0.356 e. The highest BCUT2D eigenvalue weighted by molar-refractivity contribution is 5.85. The van der Waals surface area contributed by atoms with Crippen LogP contribution in [0.2, 0.25) is 0 Å². The Labute approximate surface area is 100 Å². The summed E-state index contributed by atoms with van der Waals surface area (Å²) >= 11 is 0. The Kier molecular flexibility index (Phi) is 3.26. The predicted molar refractivity (Wildman–Crippen MR) is 64.2 cm³/mol. The van der Waals surface area contributed by atoms with Crippen molar-refractivity contribution in [1.82, 2.24) is 9.97 Å². The Morgan fingerprint density at radius 3 is 2.88 bits per heavy atom. The molecule has 1 aromatic rings. The van der Waals surface area contributed by atoms with Crippen LogP contribution < -0.4 is 4.90 Å². The van der Waals surface area contributed by atoms with Gasteiger partial charge in [0.25, 0.3) is 0 Å². The Bertz CT molecular complexity index is 422. The smallest absolute Gasteiger partial charge is 0.356 e. The molecular weight excluding hydrogens is 218 g/mol. The number of aromatic carboxylic acids is 1. The van der Waals surface area contributed by atoms with Crippen molar-refractivity contribution in [3.8, 4) is 0 Å². The summed E-state index contributed by atoms with van der Waals surface area (Å²) < 4.78 is 0. The first-order chi connectivity index (χ1) is 8.08. The molecule has 1 N–H and O–H groups in total. The van der Waals surface area contributed by atoms with Gasteiger partial charge in [0.1, 0.15) is 5.82 Å². The van der Waals surface area contributed by atoms with E-state index in [0.717, 1.165) is 25.3 Å². The lowest BCUT2D eigenvalue weighted by Gasteiger charge is -2.37. The number of rotatable bonds is 2. The molecule has 0 aromatic carbocycles. The van der Waals surface area contributed by atoms with Crippen LogP contribution in [0.5, 0.6) is 0 Å². The van der Waals surface area contributed by atoms with Gasteiger partial charge < -0.3 is 10.0 Å². The third kappa shape index (κ3) is 2.54. The first-order valence-corrected chi connectivity index (χ1v) is 5.90. The van der Waals surface area contributed by atoms with Crippen LogP contribution in [-0.4, -0.2) is 33.6 Å². The minimum absolute atomic E-state index is 0.00771. The minimum atomic E-state index is -1.03. The number of carbonyl (C=O) groups is 1. The summed E-state index contributed by atoms with van der Waals surface area (Å²) in [5, 5.41) is 8.89. The van der Waals surface area contributed by atoms with E-state index < -0.39 is 5.97 Å².